The van der Waals surface area contributed by atoms with Crippen LogP contribution in [-0.2, 0) is 0 Å². The third kappa shape index (κ3) is 4.06. The van der Waals surface area contributed by atoms with E-state index >= 15 is 0 Å². The van der Waals surface area contributed by atoms with Crippen molar-refractivity contribution >= 4 is 11.5 Å². The Bertz CT molecular complexity index is 326. The number of aromatic nitrogens is 1. The van der Waals surface area contributed by atoms with Crippen LogP contribution in [0.1, 0.15) is 20.3 Å². The molecule has 3 N–H and O–H groups in total. The van der Waals surface area contributed by atoms with Crippen molar-refractivity contribution in [1.29, 1.82) is 0 Å². The van der Waals surface area contributed by atoms with Gasteiger partial charge in [0.2, 0.25) is 0 Å². The van der Waals surface area contributed by atoms with E-state index in [0.717, 1.165) is 24.5 Å². The monoisotopic (exact) mass is 223 g/mol. The number of aliphatic hydroxyl groups is 1. The van der Waals surface area contributed by atoms with Crippen LogP contribution in [0, 0.1) is 5.41 Å². The minimum Gasteiger partial charge on any atom is -0.396 e. The molecule has 0 fully saturated rings. The van der Waals surface area contributed by atoms with Crippen LogP contribution in [0.4, 0.5) is 11.5 Å². The molecular formula is C12H21N3O. The van der Waals surface area contributed by atoms with Crippen molar-refractivity contribution in [3.8, 4) is 0 Å². The molecule has 0 spiro atoms. The first-order chi connectivity index (χ1) is 7.57. The summed E-state index contributed by atoms with van der Waals surface area (Å²) in [6.07, 6.45) is 2.57. The molecule has 90 valence electrons. The van der Waals surface area contributed by atoms with Crippen LogP contribution in [0.25, 0.3) is 0 Å². The molecule has 1 aromatic heterocycles. The first-order valence-electron chi connectivity index (χ1n) is 5.56. The molecule has 16 heavy (non-hydrogen) atoms. The van der Waals surface area contributed by atoms with Crippen LogP contribution in [0.3, 0.4) is 0 Å². The Labute approximate surface area is 97.1 Å². The van der Waals surface area contributed by atoms with Crippen molar-refractivity contribution in [3.63, 3.8) is 0 Å². The second kappa shape index (κ2) is 5.70. The topological polar surface area (TPSA) is 57.2 Å². The van der Waals surface area contributed by atoms with E-state index in [1.165, 1.54) is 0 Å². The number of aliphatic hydroxyl groups excluding tert-OH is 1. The third-order valence-electron chi connectivity index (χ3n) is 2.58. The Hall–Kier alpha value is -1.29. The second-order valence-electron chi connectivity index (χ2n) is 4.67. The summed E-state index contributed by atoms with van der Waals surface area (Å²) in [4.78, 5) is 4.15. The minimum absolute atomic E-state index is 0.0951. The lowest BCUT2D eigenvalue weighted by Crippen LogP contribution is -2.24. The lowest BCUT2D eigenvalue weighted by atomic mass is 9.90. The van der Waals surface area contributed by atoms with Crippen LogP contribution in [-0.4, -0.2) is 30.3 Å². The van der Waals surface area contributed by atoms with Crippen LogP contribution in [0.15, 0.2) is 18.3 Å². The zero-order valence-corrected chi connectivity index (χ0v) is 10.2. The lowest BCUT2D eigenvalue weighted by Gasteiger charge is -2.24. The number of nitrogens with zero attached hydrogens (tertiary/aromatic N) is 1. The number of hydrogen-bond donors (Lipinski definition) is 3. The van der Waals surface area contributed by atoms with Gasteiger partial charge in [-0.25, -0.2) is 4.98 Å². The number of pyridine rings is 1. The summed E-state index contributed by atoms with van der Waals surface area (Å²) in [6.45, 7) is 5.33. The molecule has 1 heterocycles. The Morgan fingerprint density at radius 1 is 1.44 bits per heavy atom. The molecule has 0 amide bonds. The summed E-state index contributed by atoms with van der Waals surface area (Å²) in [5.74, 6) is 0.852. The van der Waals surface area contributed by atoms with E-state index in [2.05, 4.69) is 29.5 Å². The third-order valence-corrected chi connectivity index (χ3v) is 2.58. The summed E-state index contributed by atoms with van der Waals surface area (Å²) in [6, 6.07) is 3.91. The fourth-order valence-corrected chi connectivity index (χ4v) is 1.41. The largest absolute Gasteiger partial charge is 0.396 e. The summed E-state index contributed by atoms with van der Waals surface area (Å²) >= 11 is 0. The number of rotatable bonds is 6. The fraction of sp³-hybridized carbons (Fsp3) is 0.583. The summed E-state index contributed by atoms with van der Waals surface area (Å²) in [7, 11) is 1.85. The van der Waals surface area contributed by atoms with E-state index in [9.17, 15) is 0 Å². The van der Waals surface area contributed by atoms with Gasteiger partial charge in [-0.1, -0.05) is 13.8 Å². The number of nitrogens with one attached hydrogen (secondary N) is 2. The van der Waals surface area contributed by atoms with Gasteiger partial charge in [0, 0.05) is 38.1 Å². The Balaban J connectivity index is 2.53. The van der Waals surface area contributed by atoms with Gasteiger partial charge in [0.25, 0.3) is 0 Å². The Morgan fingerprint density at radius 3 is 2.81 bits per heavy atom. The molecule has 0 unspecified atom stereocenters. The quantitative estimate of drug-likeness (QED) is 0.690. The molecule has 0 saturated carbocycles. The van der Waals surface area contributed by atoms with Gasteiger partial charge in [0.05, 0.1) is 0 Å². The van der Waals surface area contributed by atoms with E-state index in [1.54, 1.807) is 6.20 Å². The fourth-order valence-electron chi connectivity index (χ4n) is 1.41. The minimum atomic E-state index is 0.0951. The average Bonchev–Trinajstić information content (AvgIpc) is 2.27. The Kier molecular flexibility index (Phi) is 4.55. The zero-order valence-electron chi connectivity index (χ0n) is 10.2. The zero-order chi connectivity index (χ0) is 12.0. The average molecular weight is 223 g/mol. The Morgan fingerprint density at radius 2 is 2.19 bits per heavy atom. The molecule has 0 aliphatic heterocycles. The van der Waals surface area contributed by atoms with Gasteiger partial charge in [-0.05, 0) is 17.9 Å². The van der Waals surface area contributed by atoms with Crippen molar-refractivity contribution in [2.75, 3.05) is 30.8 Å². The number of hydrogen-bond acceptors (Lipinski definition) is 4. The molecule has 0 aliphatic carbocycles. The summed E-state index contributed by atoms with van der Waals surface area (Å²) < 4.78 is 0. The first-order valence-corrected chi connectivity index (χ1v) is 5.56. The van der Waals surface area contributed by atoms with Gasteiger partial charge in [0.1, 0.15) is 5.82 Å². The van der Waals surface area contributed by atoms with E-state index in [-0.39, 0.29) is 12.0 Å². The maximum atomic E-state index is 8.93. The molecule has 1 aromatic rings. The molecule has 0 aliphatic rings. The predicted molar refractivity (Wildman–Crippen MR) is 67.8 cm³/mol. The van der Waals surface area contributed by atoms with Gasteiger partial charge in [-0.2, -0.15) is 0 Å². The van der Waals surface area contributed by atoms with Crippen molar-refractivity contribution in [3.05, 3.63) is 18.3 Å². The van der Waals surface area contributed by atoms with Gasteiger partial charge >= 0.3 is 0 Å². The van der Waals surface area contributed by atoms with Crippen LogP contribution in [0.2, 0.25) is 0 Å². The highest BCUT2D eigenvalue weighted by molar-refractivity contribution is 5.51. The van der Waals surface area contributed by atoms with E-state index in [0.29, 0.717) is 0 Å². The highest BCUT2D eigenvalue weighted by Gasteiger charge is 2.16. The molecule has 0 radical (unpaired) electrons. The molecule has 0 atom stereocenters. The molecule has 0 bridgehead atoms. The molecule has 0 saturated heterocycles. The van der Waals surface area contributed by atoms with E-state index < -0.39 is 0 Å². The predicted octanol–water partition coefficient (Wildman–Crippen LogP) is 1.94. The summed E-state index contributed by atoms with van der Waals surface area (Å²) in [5, 5.41) is 15.3. The van der Waals surface area contributed by atoms with Gasteiger partial charge in [-0.15, -0.1) is 0 Å². The van der Waals surface area contributed by atoms with Gasteiger partial charge in [-0.3, -0.25) is 0 Å². The van der Waals surface area contributed by atoms with Crippen LogP contribution < -0.4 is 10.6 Å². The van der Waals surface area contributed by atoms with Crippen LogP contribution in [0.5, 0.6) is 0 Å². The van der Waals surface area contributed by atoms with Gasteiger partial charge < -0.3 is 15.7 Å². The molecule has 0 aromatic carbocycles. The first kappa shape index (κ1) is 12.8. The molecule has 4 heteroatoms. The van der Waals surface area contributed by atoms with E-state index in [1.807, 2.05) is 19.2 Å². The highest BCUT2D eigenvalue weighted by atomic mass is 16.3. The normalized spacial score (nSPS) is 11.2. The highest BCUT2D eigenvalue weighted by Crippen LogP contribution is 2.21. The number of anilines is 2. The maximum absolute atomic E-state index is 8.93. The molecule has 1 rings (SSSR count). The maximum Gasteiger partial charge on any atom is 0.127 e. The molecular weight excluding hydrogens is 202 g/mol. The van der Waals surface area contributed by atoms with Crippen molar-refractivity contribution in [1.82, 2.24) is 4.98 Å². The van der Waals surface area contributed by atoms with Crippen molar-refractivity contribution in [2.45, 2.75) is 20.3 Å². The van der Waals surface area contributed by atoms with Gasteiger partial charge in [0.15, 0.2) is 0 Å². The smallest absolute Gasteiger partial charge is 0.127 e. The van der Waals surface area contributed by atoms with Crippen molar-refractivity contribution in [2.24, 2.45) is 5.41 Å². The lowest BCUT2D eigenvalue weighted by molar-refractivity contribution is 0.220. The van der Waals surface area contributed by atoms with Crippen molar-refractivity contribution < 1.29 is 5.11 Å². The second-order valence-corrected chi connectivity index (χ2v) is 4.67. The molecule has 4 nitrogen and oxygen atoms in total. The summed E-state index contributed by atoms with van der Waals surface area (Å²) in [5.41, 5.74) is 1.14. The standard InChI is InChI=1S/C12H21N3O/c1-12(2,5-7-16)9-15-10-4-6-14-11(8-10)13-3/h4,6,8,16H,5,7,9H2,1-3H3,(H2,13,14,15). The SMILES string of the molecule is CNc1cc(NCC(C)(C)CCO)ccn1. The van der Waals surface area contributed by atoms with Crippen LogP contribution >= 0.6 is 0 Å². The van der Waals surface area contributed by atoms with E-state index in [4.69, 9.17) is 5.11 Å².